The fraction of sp³-hybridized carbons (Fsp3) is 0.364. The Hall–Kier alpha value is -2.80. The van der Waals surface area contributed by atoms with Gasteiger partial charge < -0.3 is 9.64 Å². The second kappa shape index (κ2) is 9.60. The molecule has 0 unspecified atom stereocenters. The summed E-state index contributed by atoms with van der Waals surface area (Å²) in [6.45, 7) is 2.99. The molecule has 5 nitrogen and oxygen atoms in total. The maximum Gasteiger partial charge on any atom is 0.223 e. The smallest absolute Gasteiger partial charge is 0.223 e. The molecule has 0 N–H and O–H groups in total. The molecule has 154 valence electrons. The average molecular weight is 402 g/mol. The fourth-order valence-electron chi connectivity index (χ4n) is 3.43. The molecule has 0 saturated carbocycles. The van der Waals surface area contributed by atoms with E-state index in [1.54, 1.807) is 18.1 Å². The minimum Gasteiger partial charge on any atom is -0.496 e. The summed E-state index contributed by atoms with van der Waals surface area (Å²) in [5.74, 6) is -0.297. The molecule has 0 aromatic heterocycles. The molecule has 0 bridgehead atoms. The number of hydrogen-bond acceptors (Lipinski definition) is 4. The molecule has 2 aromatic rings. The van der Waals surface area contributed by atoms with Crippen molar-refractivity contribution in [1.82, 2.24) is 9.80 Å². The van der Waals surface area contributed by atoms with Gasteiger partial charge in [-0.25, -0.2) is 8.78 Å². The van der Waals surface area contributed by atoms with Crippen LogP contribution in [0.15, 0.2) is 42.5 Å². The van der Waals surface area contributed by atoms with E-state index in [-0.39, 0.29) is 30.3 Å². The van der Waals surface area contributed by atoms with Gasteiger partial charge in [-0.1, -0.05) is 0 Å². The predicted molar refractivity (Wildman–Crippen MR) is 105 cm³/mol. The first-order valence-corrected chi connectivity index (χ1v) is 9.57. The molecule has 29 heavy (non-hydrogen) atoms. The van der Waals surface area contributed by atoms with Crippen LogP contribution in [-0.4, -0.2) is 54.8 Å². The molecule has 1 amide bonds. The van der Waals surface area contributed by atoms with E-state index in [9.17, 15) is 18.4 Å². The summed E-state index contributed by atoms with van der Waals surface area (Å²) in [4.78, 5) is 28.5. The zero-order valence-corrected chi connectivity index (χ0v) is 16.4. The van der Waals surface area contributed by atoms with Crippen LogP contribution in [0, 0.1) is 11.6 Å². The number of carbonyl (C=O) groups is 2. The third kappa shape index (κ3) is 5.60. The third-order valence-corrected chi connectivity index (χ3v) is 5.09. The standard InChI is InChI=1S/C22H24F2N2O3/c1-29-21-8-6-19(24)14-17(21)15-25-10-12-26(13-11-25)22(28)9-7-20(27)16-2-4-18(23)5-3-16/h2-6,8,14H,7,9-13,15H2,1H3. The van der Waals surface area contributed by atoms with Crippen molar-refractivity contribution in [3.8, 4) is 5.75 Å². The zero-order chi connectivity index (χ0) is 20.8. The molecular formula is C22H24F2N2O3. The Bertz CT molecular complexity index is 863. The average Bonchev–Trinajstić information content (AvgIpc) is 2.73. The maximum atomic E-state index is 13.5. The number of rotatable bonds is 7. The number of ether oxygens (including phenoxy) is 1. The van der Waals surface area contributed by atoms with Gasteiger partial charge in [-0.3, -0.25) is 14.5 Å². The Morgan fingerprint density at radius 2 is 1.59 bits per heavy atom. The molecule has 7 heteroatoms. The third-order valence-electron chi connectivity index (χ3n) is 5.09. The highest BCUT2D eigenvalue weighted by atomic mass is 19.1. The molecule has 0 atom stereocenters. The van der Waals surface area contributed by atoms with Gasteiger partial charge in [-0.2, -0.15) is 0 Å². The molecule has 3 rings (SSSR count). The molecule has 0 spiro atoms. The summed E-state index contributed by atoms with van der Waals surface area (Å²) in [7, 11) is 1.56. The number of piperazine rings is 1. The number of hydrogen-bond donors (Lipinski definition) is 0. The van der Waals surface area contributed by atoms with Crippen molar-refractivity contribution in [2.45, 2.75) is 19.4 Å². The van der Waals surface area contributed by atoms with E-state index in [1.807, 2.05) is 0 Å². The minimum absolute atomic E-state index is 0.0663. The molecular weight excluding hydrogens is 378 g/mol. The van der Waals surface area contributed by atoms with E-state index < -0.39 is 5.82 Å². The van der Waals surface area contributed by atoms with Crippen molar-refractivity contribution in [3.63, 3.8) is 0 Å². The highest BCUT2D eigenvalue weighted by Crippen LogP contribution is 2.22. The first kappa shape index (κ1) is 20.9. The highest BCUT2D eigenvalue weighted by Gasteiger charge is 2.22. The second-order valence-corrected chi connectivity index (χ2v) is 7.04. The number of benzene rings is 2. The van der Waals surface area contributed by atoms with Gasteiger partial charge in [0.25, 0.3) is 0 Å². The first-order valence-electron chi connectivity index (χ1n) is 9.57. The molecule has 1 aliphatic rings. The summed E-state index contributed by atoms with van der Waals surface area (Å²) >= 11 is 0. The topological polar surface area (TPSA) is 49.9 Å². The van der Waals surface area contributed by atoms with E-state index in [0.717, 1.165) is 5.56 Å². The van der Waals surface area contributed by atoms with Crippen molar-refractivity contribution in [3.05, 3.63) is 65.2 Å². The van der Waals surface area contributed by atoms with Gasteiger partial charge in [0.2, 0.25) is 5.91 Å². The van der Waals surface area contributed by atoms with Crippen LogP contribution in [0.4, 0.5) is 8.78 Å². The quantitative estimate of drug-likeness (QED) is 0.667. The second-order valence-electron chi connectivity index (χ2n) is 7.04. The Morgan fingerprint density at radius 3 is 2.24 bits per heavy atom. The predicted octanol–water partition coefficient (Wildman–Crippen LogP) is 3.28. The number of Topliss-reactive ketones (excluding diaryl/α,β-unsaturated/α-hetero) is 1. The van der Waals surface area contributed by atoms with Crippen LogP contribution in [0.3, 0.4) is 0 Å². The molecule has 1 fully saturated rings. The van der Waals surface area contributed by atoms with Gasteiger partial charge in [-0.05, 0) is 42.5 Å². The summed E-state index contributed by atoms with van der Waals surface area (Å²) in [5, 5.41) is 0. The van der Waals surface area contributed by atoms with Gasteiger partial charge in [-0.15, -0.1) is 0 Å². The first-order chi connectivity index (χ1) is 14.0. The van der Waals surface area contributed by atoms with E-state index in [2.05, 4.69) is 4.90 Å². The fourth-order valence-corrected chi connectivity index (χ4v) is 3.43. The summed E-state index contributed by atoms with van der Waals surface area (Å²) in [5.41, 5.74) is 1.19. The minimum atomic E-state index is -0.397. The number of halogens is 2. The molecule has 2 aromatic carbocycles. The van der Waals surface area contributed by atoms with Crippen LogP contribution in [0.25, 0.3) is 0 Å². The number of carbonyl (C=O) groups excluding carboxylic acids is 2. The Morgan fingerprint density at radius 1 is 0.931 bits per heavy atom. The largest absolute Gasteiger partial charge is 0.496 e. The van der Waals surface area contributed by atoms with Crippen LogP contribution in [0.2, 0.25) is 0 Å². The van der Waals surface area contributed by atoms with Crippen LogP contribution in [0.1, 0.15) is 28.8 Å². The summed E-state index contributed by atoms with van der Waals surface area (Å²) < 4.78 is 31.7. The lowest BCUT2D eigenvalue weighted by molar-refractivity contribution is -0.133. The van der Waals surface area contributed by atoms with Crippen LogP contribution in [0.5, 0.6) is 5.75 Å². The van der Waals surface area contributed by atoms with Crippen molar-refractivity contribution < 1.29 is 23.1 Å². The monoisotopic (exact) mass is 402 g/mol. The lowest BCUT2D eigenvalue weighted by atomic mass is 10.1. The highest BCUT2D eigenvalue weighted by molar-refractivity contribution is 5.97. The SMILES string of the molecule is COc1ccc(F)cc1CN1CCN(C(=O)CCC(=O)c2ccc(F)cc2)CC1. The normalized spacial score (nSPS) is 14.7. The Balaban J connectivity index is 1.46. The molecule has 0 aliphatic carbocycles. The van der Waals surface area contributed by atoms with Crippen LogP contribution in [-0.2, 0) is 11.3 Å². The van der Waals surface area contributed by atoms with Crippen molar-refractivity contribution in [1.29, 1.82) is 0 Å². The van der Waals surface area contributed by atoms with Crippen molar-refractivity contribution >= 4 is 11.7 Å². The molecule has 1 aliphatic heterocycles. The van der Waals surface area contributed by atoms with E-state index in [4.69, 9.17) is 4.74 Å². The van der Waals surface area contributed by atoms with E-state index in [0.29, 0.717) is 44.0 Å². The zero-order valence-electron chi connectivity index (χ0n) is 16.4. The molecule has 1 saturated heterocycles. The number of amides is 1. The van der Waals surface area contributed by atoms with Crippen molar-refractivity contribution in [2.75, 3.05) is 33.3 Å². The van der Waals surface area contributed by atoms with Gasteiger partial charge in [0, 0.05) is 56.7 Å². The number of ketones is 1. The number of methoxy groups -OCH3 is 1. The van der Waals surface area contributed by atoms with Crippen LogP contribution >= 0.6 is 0 Å². The lowest BCUT2D eigenvalue weighted by Gasteiger charge is -2.35. The van der Waals surface area contributed by atoms with Crippen molar-refractivity contribution in [2.24, 2.45) is 0 Å². The molecule has 1 heterocycles. The summed E-state index contributed by atoms with van der Waals surface area (Å²) in [6.07, 6.45) is 0.235. The molecule has 0 radical (unpaired) electrons. The van der Waals surface area contributed by atoms with Gasteiger partial charge in [0.05, 0.1) is 7.11 Å². The summed E-state index contributed by atoms with van der Waals surface area (Å²) in [6, 6.07) is 9.79. The van der Waals surface area contributed by atoms with Gasteiger partial charge >= 0.3 is 0 Å². The maximum absolute atomic E-state index is 13.5. The van der Waals surface area contributed by atoms with Gasteiger partial charge in [0.15, 0.2) is 5.78 Å². The number of nitrogens with zero attached hydrogens (tertiary/aromatic N) is 2. The Kier molecular flexibility index (Phi) is 6.93. The van der Waals surface area contributed by atoms with Gasteiger partial charge in [0.1, 0.15) is 17.4 Å². The Labute approximate surface area is 168 Å². The van der Waals surface area contributed by atoms with E-state index >= 15 is 0 Å². The van der Waals surface area contributed by atoms with E-state index in [1.165, 1.54) is 36.4 Å². The lowest BCUT2D eigenvalue weighted by Crippen LogP contribution is -2.48. The van der Waals surface area contributed by atoms with Crippen LogP contribution < -0.4 is 4.74 Å².